The summed E-state index contributed by atoms with van der Waals surface area (Å²) < 4.78 is 0. The molecule has 0 aromatic heterocycles. The van der Waals surface area contributed by atoms with Gasteiger partial charge in [-0.2, -0.15) is 0 Å². The zero-order valence-corrected chi connectivity index (χ0v) is 10.7. The van der Waals surface area contributed by atoms with E-state index >= 15 is 0 Å². The molecule has 1 atom stereocenters. The van der Waals surface area contributed by atoms with Crippen LogP contribution in [0.4, 0.5) is 0 Å². The van der Waals surface area contributed by atoms with Gasteiger partial charge in [0, 0.05) is 38.1 Å². The SMILES string of the molecule is CC(C)C(=O)N(C)C1CCN(C(C)C)C1. The van der Waals surface area contributed by atoms with Gasteiger partial charge >= 0.3 is 0 Å². The molecule has 3 nitrogen and oxygen atoms in total. The molecule has 15 heavy (non-hydrogen) atoms. The highest BCUT2D eigenvalue weighted by molar-refractivity contribution is 5.78. The van der Waals surface area contributed by atoms with Crippen LogP contribution in [0.1, 0.15) is 34.1 Å². The lowest BCUT2D eigenvalue weighted by Crippen LogP contribution is -2.41. The van der Waals surface area contributed by atoms with Gasteiger partial charge in [0.15, 0.2) is 0 Å². The van der Waals surface area contributed by atoms with E-state index in [1.807, 2.05) is 25.8 Å². The highest BCUT2D eigenvalue weighted by atomic mass is 16.2. The van der Waals surface area contributed by atoms with Gasteiger partial charge in [0.1, 0.15) is 0 Å². The Kier molecular flexibility index (Phi) is 4.14. The number of hydrogen-bond donors (Lipinski definition) is 0. The standard InChI is InChI=1S/C12H24N2O/c1-9(2)12(15)13(5)11-6-7-14(8-11)10(3)4/h9-11H,6-8H2,1-5H3. The van der Waals surface area contributed by atoms with E-state index in [0.29, 0.717) is 12.1 Å². The normalized spacial score (nSPS) is 22.7. The Hall–Kier alpha value is -0.570. The van der Waals surface area contributed by atoms with Crippen molar-refractivity contribution < 1.29 is 4.79 Å². The van der Waals surface area contributed by atoms with Crippen LogP contribution in [-0.2, 0) is 4.79 Å². The Morgan fingerprint density at radius 2 is 1.93 bits per heavy atom. The minimum Gasteiger partial charge on any atom is -0.341 e. The first kappa shape index (κ1) is 12.5. The number of nitrogens with zero attached hydrogens (tertiary/aromatic N) is 2. The lowest BCUT2D eigenvalue weighted by atomic mass is 10.1. The van der Waals surface area contributed by atoms with E-state index < -0.39 is 0 Å². The van der Waals surface area contributed by atoms with Gasteiger partial charge in [0.2, 0.25) is 5.91 Å². The van der Waals surface area contributed by atoms with Crippen molar-refractivity contribution in [2.45, 2.75) is 46.2 Å². The van der Waals surface area contributed by atoms with Crippen molar-refractivity contribution >= 4 is 5.91 Å². The van der Waals surface area contributed by atoms with Crippen molar-refractivity contribution in [3.8, 4) is 0 Å². The lowest BCUT2D eigenvalue weighted by molar-refractivity contribution is -0.135. The van der Waals surface area contributed by atoms with Gasteiger partial charge in [-0.3, -0.25) is 9.69 Å². The summed E-state index contributed by atoms with van der Waals surface area (Å²) in [6.45, 7) is 10.5. The van der Waals surface area contributed by atoms with Crippen molar-refractivity contribution in [2.24, 2.45) is 5.92 Å². The summed E-state index contributed by atoms with van der Waals surface area (Å²) in [5.74, 6) is 0.383. The summed E-state index contributed by atoms with van der Waals surface area (Å²) in [5.41, 5.74) is 0. The average Bonchev–Trinajstić information content (AvgIpc) is 2.64. The van der Waals surface area contributed by atoms with Crippen LogP contribution in [0, 0.1) is 5.92 Å². The largest absolute Gasteiger partial charge is 0.341 e. The molecule has 0 saturated carbocycles. The molecule has 0 spiro atoms. The summed E-state index contributed by atoms with van der Waals surface area (Å²) in [6, 6.07) is 1.01. The molecular formula is C12H24N2O. The molecule has 0 aliphatic carbocycles. The van der Waals surface area contributed by atoms with Crippen LogP contribution in [0.15, 0.2) is 0 Å². The van der Waals surface area contributed by atoms with E-state index in [9.17, 15) is 4.79 Å². The number of hydrogen-bond acceptors (Lipinski definition) is 2. The molecule has 1 saturated heterocycles. The van der Waals surface area contributed by atoms with Crippen molar-refractivity contribution in [1.29, 1.82) is 0 Å². The number of rotatable bonds is 3. The van der Waals surface area contributed by atoms with Crippen molar-refractivity contribution in [3.63, 3.8) is 0 Å². The van der Waals surface area contributed by atoms with Gasteiger partial charge in [-0.1, -0.05) is 13.8 Å². The third kappa shape index (κ3) is 2.94. The third-order valence-corrected chi connectivity index (χ3v) is 3.31. The lowest BCUT2D eigenvalue weighted by Gasteiger charge is -2.27. The van der Waals surface area contributed by atoms with Gasteiger partial charge < -0.3 is 4.90 Å². The van der Waals surface area contributed by atoms with Crippen LogP contribution in [0.5, 0.6) is 0 Å². The van der Waals surface area contributed by atoms with Crippen molar-refractivity contribution in [3.05, 3.63) is 0 Å². The van der Waals surface area contributed by atoms with E-state index in [-0.39, 0.29) is 11.8 Å². The Balaban J connectivity index is 2.50. The molecule has 0 radical (unpaired) electrons. The van der Waals surface area contributed by atoms with Gasteiger partial charge in [-0.15, -0.1) is 0 Å². The maximum atomic E-state index is 11.8. The van der Waals surface area contributed by atoms with Crippen LogP contribution in [0.3, 0.4) is 0 Å². The van der Waals surface area contributed by atoms with Gasteiger partial charge in [0.25, 0.3) is 0 Å². The molecule has 0 aromatic carbocycles. The van der Waals surface area contributed by atoms with E-state index in [1.54, 1.807) is 0 Å². The molecule has 0 bridgehead atoms. The second-order valence-corrected chi connectivity index (χ2v) is 5.14. The van der Waals surface area contributed by atoms with Crippen LogP contribution in [-0.4, -0.2) is 47.9 Å². The third-order valence-electron chi connectivity index (χ3n) is 3.31. The van der Waals surface area contributed by atoms with Crippen molar-refractivity contribution in [2.75, 3.05) is 20.1 Å². The first-order valence-electron chi connectivity index (χ1n) is 5.94. The van der Waals surface area contributed by atoms with E-state index in [2.05, 4.69) is 18.7 Å². The first-order valence-corrected chi connectivity index (χ1v) is 5.94. The topological polar surface area (TPSA) is 23.6 Å². The number of amides is 1. The highest BCUT2D eigenvalue weighted by Gasteiger charge is 2.29. The Morgan fingerprint density at radius 3 is 2.33 bits per heavy atom. The van der Waals surface area contributed by atoms with Crippen LogP contribution < -0.4 is 0 Å². The van der Waals surface area contributed by atoms with Crippen molar-refractivity contribution in [1.82, 2.24) is 9.80 Å². The molecule has 1 unspecified atom stereocenters. The molecular weight excluding hydrogens is 188 g/mol. The molecule has 3 heteroatoms. The smallest absolute Gasteiger partial charge is 0.225 e. The minimum absolute atomic E-state index is 0.114. The average molecular weight is 212 g/mol. The van der Waals surface area contributed by atoms with Gasteiger partial charge in [-0.05, 0) is 20.3 Å². The summed E-state index contributed by atoms with van der Waals surface area (Å²) in [7, 11) is 1.94. The first-order chi connectivity index (χ1) is 6.93. The highest BCUT2D eigenvalue weighted by Crippen LogP contribution is 2.18. The van der Waals surface area contributed by atoms with Crippen LogP contribution in [0.25, 0.3) is 0 Å². The maximum Gasteiger partial charge on any atom is 0.225 e. The molecule has 1 amide bonds. The monoisotopic (exact) mass is 212 g/mol. The number of carbonyl (C=O) groups excluding carboxylic acids is 1. The Labute approximate surface area is 93.4 Å². The summed E-state index contributed by atoms with van der Waals surface area (Å²) >= 11 is 0. The second kappa shape index (κ2) is 4.97. The molecule has 1 fully saturated rings. The van der Waals surface area contributed by atoms with E-state index in [4.69, 9.17) is 0 Å². The number of carbonyl (C=O) groups is 1. The maximum absolute atomic E-state index is 11.8. The summed E-state index contributed by atoms with van der Waals surface area (Å²) in [5, 5.41) is 0. The molecule has 0 aromatic rings. The Morgan fingerprint density at radius 1 is 1.33 bits per heavy atom. The quantitative estimate of drug-likeness (QED) is 0.709. The van der Waals surface area contributed by atoms with E-state index in [1.165, 1.54) is 0 Å². The fraction of sp³-hybridized carbons (Fsp3) is 0.917. The molecule has 1 rings (SSSR count). The summed E-state index contributed by atoms with van der Waals surface area (Å²) in [6.07, 6.45) is 1.12. The van der Waals surface area contributed by atoms with Gasteiger partial charge in [0.05, 0.1) is 0 Å². The molecule has 88 valence electrons. The number of likely N-dealkylation sites (N-methyl/N-ethyl adjacent to an activating group) is 1. The molecule has 1 aliphatic heterocycles. The fourth-order valence-electron chi connectivity index (χ4n) is 2.14. The van der Waals surface area contributed by atoms with Crippen LogP contribution >= 0.6 is 0 Å². The molecule has 0 N–H and O–H groups in total. The predicted molar refractivity (Wildman–Crippen MR) is 62.7 cm³/mol. The van der Waals surface area contributed by atoms with Crippen LogP contribution in [0.2, 0.25) is 0 Å². The zero-order valence-electron chi connectivity index (χ0n) is 10.7. The fourth-order valence-corrected chi connectivity index (χ4v) is 2.14. The Bertz CT molecular complexity index is 226. The second-order valence-electron chi connectivity index (χ2n) is 5.14. The zero-order chi connectivity index (χ0) is 11.6. The number of likely N-dealkylation sites (tertiary alicyclic amines) is 1. The molecule has 1 aliphatic rings. The van der Waals surface area contributed by atoms with E-state index in [0.717, 1.165) is 19.5 Å². The summed E-state index contributed by atoms with van der Waals surface area (Å²) in [4.78, 5) is 16.2. The minimum atomic E-state index is 0.114. The molecule has 1 heterocycles. The predicted octanol–water partition coefficient (Wildman–Crippen LogP) is 1.58. The van der Waals surface area contributed by atoms with Gasteiger partial charge in [-0.25, -0.2) is 0 Å².